The number of carbonyl (C=O) groups is 2. The number of nitrogens with one attached hydrogen (secondary N) is 1. The van der Waals surface area contributed by atoms with Crippen molar-refractivity contribution in [2.75, 3.05) is 18.4 Å². The number of halogens is 1. The van der Waals surface area contributed by atoms with Crippen molar-refractivity contribution < 1.29 is 19.1 Å². The van der Waals surface area contributed by atoms with E-state index in [1.54, 1.807) is 23.2 Å². The molecule has 1 saturated heterocycles. The fourth-order valence-electron chi connectivity index (χ4n) is 3.64. The number of likely N-dealkylation sites (tertiary alicyclic amines) is 1. The molecule has 1 aromatic carbocycles. The highest BCUT2D eigenvalue weighted by Gasteiger charge is 2.39. The molecule has 1 N–H and O–H groups in total. The Labute approximate surface area is 177 Å². The second-order valence-corrected chi connectivity index (χ2v) is 8.20. The van der Waals surface area contributed by atoms with E-state index in [0.29, 0.717) is 30.4 Å². The molecule has 7 nitrogen and oxygen atoms in total. The smallest absolute Gasteiger partial charge is 0.267 e. The number of hydrogen-bond acceptors (Lipinski definition) is 5. The van der Waals surface area contributed by atoms with Gasteiger partial charge in [-0.05, 0) is 60.0 Å². The van der Waals surface area contributed by atoms with Crippen LogP contribution in [0.15, 0.2) is 47.1 Å². The van der Waals surface area contributed by atoms with Crippen molar-refractivity contribution in [1.82, 2.24) is 9.88 Å². The summed E-state index contributed by atoms with van der Waals surface area (Å²) in [4.78, 5) is 31.7. The van der Waals surface area contributed by atoms with E-state index < -0.39 is 12.2 Å². The van der Waals surface area contributed by atoms with Gasteiger partial charge in [-0.15, -0.1) is 0 Å². The van der Waals surface area contributed by atoms with Crippen LogP contribution in [-0.2, 0) is 9.59 Å². The summed E-state index contributed by atoms with van der Waals surface area (Å²) in [5.74, 6) is 1.14. The van der Waals surface area contributed by atoms with Crippen molar-refractivity contribution in [3.05, 3.63) is 47.1 Å². The summed E-state index contributed by atoms with van der Waals surface area (Å²) >= 11 is 3.32. The summed E-state index contributed by atoms with van der Waals surface area (Å²) < 4.78 is 12.6. The Morgan fingerprint density at radius 1 is 1.17 bits per heavy atom. The van der Waals surface area contributed by atoms with Crippen molar-refractivity contribution in [2.24, 2.45) is 5.92 Å². The summed E-state index contributed by atoms with van der Waals surface area (Å²) in [6, 6.07) is 10.9. The van der Waals surface area contributed by atoms with Crippen LogP contribution in [0.25, 0.3) is 0 Å². The molecular weight excluding hydrogens is 438 g/mol. The SMILES string of the molecule is CC1Oc2ccccc2OC1C(=O)N1CCCC(C(=O)Nc2ccc(Br)cn2)C1. The lowest BCUT2D eigenvalue weighted by molar-refractivity contribution is -0.146. The Kier molecular flexibility index (Phi) is 5.71. The maximum atomic E-state index is 13.1. The van der Waals surface area contributed by atoms with E-state index in [2.05, 4.69) is 26.2 Å². The van der Waals surface area contributed by atoms with Gasteiger partial charge >= 0.3 is 0 Å². The second-order valence-electron chi connectivity index (χ2n) is 7.28. The molecule has 2 aliphatic rings. The minimum Gasteiger partial charge on any atom is -0.482 e. The van der Waals surface area contributed by atoms with Gasteiger partial charge in [0.1, 0.15) is 11.9 Å². The summed E-state index contributed by atoms with van der Waals surface area (Å²) in [6.07, 6.45) is 1.99. The molecule has 152 valence electrons. The number of anilines is 1. The number of carbonyl (C=O) groups excluding carboxylic acids is 2. The highest BCUT2D eigenvalue weighted by Crippen LogP contribution is 2.34. The van der Waals surface area contributed by atoms with Gasteiger partial charge in [0.2, 0.25) is 12.0 Å². The van der Waals surface area contributed by atoms with E-state index in [1.165, 1.54) is 0 Å². The normalized spacial score (nSPS) is 23.4. The van der Waals surface area contributed by atoms with Crippen LogP contribution in [0, 0.1) is 5.92 Å². The number of fused-ring (bicyclic) bond motifs is 1. The second kappa shape index (κ2) is 8.41. The average molecular weight is 460 g/mol. The summed E-state index contributed by atoms with van der Waals surface area (Å²) in [5, 5.41) is 2.83. The van der Waals surface area contributed by atoms with Gasteiger partial charge in [-0.1, -0.05) is 12.1 Å². The van der Waals surface area contributed by atoms with Crippen molar-refractivity contribution in [3.8, 4) is 11.5 Å². The van der Waals surface area contributed by atoms with Gasteiger partial charge in [0.15, 0.2) is 11.5 Å². The number of nitrogens with zero attached hydrogens (tertiary/aromatic N) is 2. The number of aromatic nitrogens is 1. The van der Waals surface area contributed by atoms with E-state index in [9.17, 15) is 9.59 Å². The standard InChI is InChI=1S/C21H22BrN3O4/c1-13-19(29-17-7-3-2-6-16(17)28-13)21(27)25-10-4-5-14(12-25)20(26)24-18-9-8-15(22)11-23-18/h2-3,6-9,11,13-14,19H,4-5,10,12H2,1H3,(H,23,24,26). The Balaban J connectivity index is 1.40. The number of benzene rings is 1. The maximum absolute atomic E-state index is 13.1. The number of pyridine rings is 1. The molecule has 2 aliphatic heterocycles. The monoisotopic (exact) mass is 459 g/mol. The Morgan fingerprint density at radius 2 is 1.93 bits per heavy atom. The lowest BCUT2D eigenvalue weighted by atomic mass is 9.96. The zero-order valence-corrected chi connectivity index (χ0v) is 17.6. The number of hydrogen-bond donors (Lipinski definition) is 1. The third-order valence-corrected chi connectivity index (χ3v) is 5.64. The molecule has 0 bridgehead atoms. The predicted octanol–water partition coefficient (Wildman–Crippen LogP) is 3.25. The molecule has 0 spiro atoms. The molecule has 3 unspecified atom stereocenters. The molecule has 1 fully saturated rings. The molecule has 0 aliphatic carbocycles. The zero-order valence-electron chi connectivity index (χ0n) is 16.0. The topological polar surface area (TPSA) is 80.8 Å². The predicted molar refractivity (Wildman–Crippen MR) is 111 cm³/mol. The van der Waals surface area contributed by atoms with Crippen LogP contribution in [0.2, 0.25) is 0 Å². The molecule has 3 heterocycles. The lowest BCUT2D eigenvalue weighted by Gasteiger charge is -2.37. The van der Waals surface area contributed by atoms with Crippen LogP contribution < -0.4 is 14.8 Å². The van der Waals surface area contributed by atoms with E-state index in [0.717, 1.165) is 17.3 Å². The molecule has 29 heavy (non-hydrogen) atoms. The molecular formula is C21H22BrN3O4. The molecule has 0 radical (unpaired) electrons. The molecule has 2 amide bonds. The first-order chi connectivity index (χ1) is 14.0. The van der Waals surface area contributed by atoms with Crippen LogP contribution in [0.4, 0.5) is 5.82 Å². The Hall–Kier alpha value is -2.61. The first kappa shape index (κ1) is 19.7. The fraction of sp³-hybridized carbons (Fsp3) is 0.381. The van der Waals surface area contributed by atoms with E-state index in [1.807, 2.05) is 31.2 Å². The average Bonchev–Trinajstić information content (AvgIpc) is 2.74. The van der Waals surface area contributed by atoms with Crippen LogP contribution >= 0.6 is 15.9 Å². The number of piperidine rings is 1. The number of ether oxygens (including phenoxy) is 2. The highest BCUT2D eigenvalue weighted by molar-refractivity contribution is 9.10. The van der Waals surface area contributed by atoms with Crippen LogP contribution in [0.5, 0.6) is 11.5 Å². The Bertz CT molecular complexity index is 905. The minimum atomic E-state index is -0.722. The third-order valence-electron chi connectivity index (χ3n) is 5.17. The number of amides is 2. The lowest BCUT2D eigenvalue weighted by Crippen LogP contribution is -2.54. The van der Waals surface area contributed by atoms with Crippen LogP contribution in [0.3, 0.4) is 0 Å². The zero-order chi connectivity index (χ0) is 20.4. The number of rotatable bonds is 3. The van der Waals surface area contributed by atoms with E-state index >= 15 is 0 Å². The van der Waals surface area contributed by atoms with E-state index in [4.69, 9.17) is 9.47 Å². The quantitative estimate of drug-likeness (QED) is 0.761. The van der Waals surface area contributed by atoms with Gasteiger partial charge in [-0.3, -0.25) is 9.59 Å². The van der Waals surface area contributed by atoms with Gasteiger partial charge in [-0.2, -0.15) is 0 Å². The number of para-hydroxylation sites is 2. The molecule has 2 aromatic rings. The van der Waals surface area contributed by atoms with Gasteiger partial charge in [-0.25, -0.2) is 4.98 Å². The third kappa shape index (κ3) is 4.37. The van der Waals surface area contributed by atoms with Crippen LogP contribution in [0.1, 0.15) is 19.8 Å². The van der Waals surface area contributed by atoms with Crippen molar-refractivity contribution in [2.45, 2.75) is 32.0 Å². The van der Waals surface area contributed by atoms with Crippen molar-refractivity contribution in [3.63, 3.8) is 0 Å². The van der Waals surface area contributed by atoms with Crippen molar-refractivity contribution >= 4 is 33.6 Å². The highest BCUT2D eigenvalue weighted by atomic mass is 79.9. The largest absolute Gasteiger partial charge is 0.482 e. The first-order valence-corrected chi connectivity index (χ1v) is 10.4. The van der Waals surface area contributed by atoms with E-state index in [-0.39, 0.29) is 17.7 Å². The van der Waals surface area contributed by atoms with Gasteiger partial charge < -0.3 is 19.7 Å². The molecule has 1 aromatic heterocycles. The molecule has 3 atom stereocenters. The summed E-state index contributed by atoms with van der Waals surface area (Å²) in [7, 11) is 0. The van der Waals surface area contributed by atoms with Crippen LogP contribution in [-0.4, -0.2) is 47.0 Å². The van der Waals surface area contributed by atoms with Gasteiger partial charge in [0.05, 0.1) is 5.92 Å². The van der Waals surface area contributed by atoms with Gasteiger partial charge in [0.25, 0.3) is 5.91 Å². The van der Waals surface area contributed by atoms with Crippen molar-refractivity contribution in [1.29, 1.82) is 0 Å². The fourth-order valence-corrected chi connectivity index (χ4v) is 3.87. The van der Waals surface area contributed by atoms with Gasteiger partial charge in [0, 0.05) is 23.8 Å². The Morgan fingerprint density at radius 3 is 2.66 bits per heavy atom. The molecule has 8 heteroatoms. The first-order valence-electron chi connectivity index (χ1n) is 9.65. The summed E-state index contributed by atoms with van der Waals surface area (Å²) in [6.45, 7) is 2.79. The molecule has 0 saturated carbocycles. The molecule has 4 rings (SSSR count). The minimum absolute atomic E-state index is 0.128. The summed E-state index contributed by atoms with van der Waals surface area (Å²) in [5.41, 5.74) is 0. The maximum Gasteiger partial charge on any atom is 0.267 e.